The zero-order chi connectivity index (χ0) is 27.7. The molecule has 3 aromatic rings. The van der Waals surface area contributed by atoms with Crippen molar-refractivity contribution >= 4 is 62.6 Å². The van der Waals surface area contributed by atoms with Gasteiger partial charge in [0.15, 0.2) is 6.61 Å². The Morgan fingerprint density at radius 1 is 1.00 bits per heavy atom. The van der Waals surface area contributed by atoms with Gasteiger partial charge >= 0.3 is 5.97 Å². The van der Waals surface area contributed by atoms with Crippen LogP contribution in [0.2, 0.25) is 5.02 Å². The molecule has 1 aliphatic heterocycles. The molecule has 39 heavy (non-hydrogen) atoms. The first kappa shape index (κ1) is 27.1. The molecule has 0 radical (unpaired) electrons. The van der Waals surface area contributed by atoms with Crippen molar-refractivity contribution in [1.82, 2.24) is 0 Å². The summed E-state index contributed by atoms with van der Waals surface area (Å²) in [6.45, 7) is 1.33. The van der Waals surface area contributed by atoms with Crippen molar-refractivity contribution in [2.24, 2.45) is 11.8 Å². The lowest BCUT2D eigenvalue weighted by atomic mass is 9.73. The number of benzene rings is 3. The lowest BCUT2D eigenvalue weighted by molar-refractivity contribution is -0.122. The maximum absolute atomic E-state index is 13.3. The second kappa shape index (κ2) is 11.3. The molecule has 3 amide bonds. The minimum Gasteiger partial charge on any atom is -0.452 e. The quantitative estimate of drug-likeness (QED) is 0.262. The molecule has 200 valence electrons. The number of imide groups is 1. The van der Waals surface area contributed by atoms with Gasteiger partial charge in [-0.15, -0.1) is 0 Å². The first-order valence-electron chi connectivity index (χ1n) is 12.7. The van der Waals surface area contributed by atoms with Gasteiger partial charge in [0.25, 0.3) is 5.91 Å². The van der Waals surface area contributed by atoms with Gasteiger partial charge < -0.3 is 10.1 Å². The Morgan fingerprint density at radius 2 is 1.69 bits per heavy atom. The van der Waals surface area contributed by atoms with E-state index >= 15 is 0 Å². The lowest BCUT2D eigenvalue weighted by Crippen LogP contribution is -2.30. The first-order valence-corrected chi connectivity index (χ1v) is 13.9. The molecule has 1 aliphatic carbocycles. The van der Waals surface area contributed by atoms with Crippen LogP contribution in [0.15, 0.2) is 71.2 Å². The number of fused-ring (bicyclic) bond motifs is 1. The largest absolute Gasteiger partial charge is 0.452 e. The van der Waals surface area contributed by atoms with Crippen LogP contribution in [-0.2, 0) is 19.1 Å². The highest BCUT2D eigenvalue weighted by molar-refractivity contribution is 9.10. The van der Waals surface area contributed by atoms with E-state index in [2.05, 4.69) is 33.4 Å². The van der Waals surface area contributed by atoms with Crippen LogP contribution < -0.4 is 10.2 Å². The van der Waals surface area contributed by atoms with Gasteiger partial charge in [0.05, 0.1) is 28.1 Å². The number of esters is 1. The molecule has 0 unspecified atom stereocenters. The number of amides is 3. The molecule has 1 heterocycles. The van der Waals surface area contributed by atoms with E-state index in [1.54, 1.807) is 24.3 Å². The fourth-order valence-electron chi connectivity index (χ4n) is 5.39. The Balaban J connectivity index is 1.20. The summed E-state index contributed by atoms with van der Waals surface area (Å²) in [5.74, 6) is -1.99. The van der Waals surface area contributed by atoms with Crippen LogP contribution in [0.1, 0.15) is 46.7 Å². The van der Waals surface area contributed by atoms with Crippen LogP contribution >= 0.6 is 27.5 Å². The summed E-state index contributed by atoms with van der Waals surface area (Å²) in [4.78, 5) is 52.5. The zero-order valence-corrected chi connectivity index (χ0v) is 23.5. The van der Waals surface area contributed by atoms with Gasteiger partial charge in [0.1, 0.15) is 0 Å². The SMILES string of the molecule is Cc1cc(Br)c(Cl)cc1NC(=O)COC(=O)c1ccc(N2C(=O)[C@H]3C[C@@H](c4ccccc4)CC[C@H]3C2=O)cc1. The van der Waals surface area contributed by atoms with Gasteiger partial charge in [-0.2, -0.15) is 0 Å². The Kier molecular flexibility index (Phi) is 7.86. The maximum atomic E-state index is 13.3. The molecule has 3 aromatic carbocycles. The highest BCUT2D eigenvalue weighted by Crippen LogP contribution is 2.45. The number of aryl methyl sites for hydroxylation is 1. The molecule has 9 heteroatoms. The van der Waals surface area contributed by atoms with Crippen LogP contribution in [0, 0.1) is 18.8 Å². The molecular formula is C30H26BrClN2O5. The molecule has 2 fully saturated rings. The topological polar surface area (TPSA) is 92.8 Å². The number of hydrogen-bond acceptors (Lipinski definition) is 5. The summed E-state index contributed by atoms with van der Waals surface area (Å²) in [6.07, 6.45) is 2.18. The molecule has 0 bridgehead atoms. The van der Waals surface area contributed by atoms with Crippen molar-refractivity contribution in [3.63, 3.8) is 0 Å². The number of nitrogens with zero attached hydrogens (tertiary/aromatic N) is 1. The van der Waals surface area contributed by atoms with E-state index in [1.165, 1.54) is 22.6 Å². The van der Waals surface area contributed by atoms with E-state index in [9.17, 15) is 19.2 Å². The molecule has 0 spiro atoms. The highest BCUT2D eigenvalue weighted by atomic mass is 79.9. The summed E-state index contributed by atoms with van der Waals surface area (Å²) in [5.41, 5.74) is 3.14. The Hall–Kier alpha value is -3.49. The van der Waals surface area contributed by atoms with Gasteiger partial charge in [-0.25, -0.2) is 4.79 Å². The number of ether oxygens (including phenoxy) is 1. The van der Waals surface area contributed by atoms with E-state index in [0.29, 0.717) is 33.7 Å². The van der Waals surface area contributed by atoms with E-state index in [0.717, 1.165) is 12.0 Å². The molecule has 7 nitrogen and oxygen atoms in total. The Bertz CT molecular complexity index is 1440. The highest BCUT2D eigenvalue weighted by Gasteiger charge is 2.50. The lowest BCUT2D eigenvalue weighted by Gasteiger charge is -2.28. The third-order valence-corrected chi connectivity index (χ3v) is 8.63. The molecule has 0 aromatic heterocycles. The number of carbonyl (C=O) groups excluding carboxylic acids is 4. The third kappa shape index (κ3) is 5.63. The predicted octanol–water partition coefficient (Wildman–Crippen LogP) is 6.28. The Morgan fingerprint density at radius 3 is 2.41 bits per heavy atom. The standard InChI is InChI=1S/C30H26BrClN2O5/c1-17-13-24(31)25(32)15-26(17)33-27(35)16-39-30(38)19-7-10-21(11-8-19)34-28(36)22-12-9-20(14-23(22)29(34)37)18-5-3-2-4-6-18/h2-8,10-11,13,15,20,22-23H,9,12,14,16H2,1H3,(H,33,35)/t20-,22+,23-/m0/s1. The van der Waals surface area contributed by atoms with Crippen molar-refractivity contribution in [2.45, 2.75) is 32.1 Å². The van der Waals surface area contributed by atoms with Gasteiger partial charge in [-0.3, -0.25) is 19.3 Å². The van der Waals surface area contributed by atoms with Gasteiger partial charge in [-0.1, -0.05) is 41.9 Å². The number of anilines is 2. The first-order chi connectivity index (χ1) is 18.7. The van der Waals surface area contributed by atoms with Gasteiger partial charge in [0.2, 0.25) is 11.8 Å². The molecule has 1 saturated heterocycles. The van der Waals surface area contributed by atoms with E-state index in [-0.39, 0.29) is 35.1 Å². The van der Waals surface area contributed by atoms with Crippen molar-refractivity contribution in [3.8, 4) is 0 Å². The minimum atomic E-state index is -0.694. The molecule has 1 N–H and O–H groups in total. The number of halogens is 2. The number of rotatable bonds is 6. The summed E-state index contributed by atoms with van der Waals surface area (Å²) in [5, 5.41) is 3.12. The summed E-state index contributed by atoms with van der Waals surface area (Å²) < 4.78 is 5.86. The van der Waals surface area contributed by atoms with E-state index < -0.39 is 18.5 Å². The normalized spacial score (nSPS) is 20.5. The maximum Gasteiger partial charge on any atom is 0.338 e. The van der Waals surface area contributed by atoms with Crippen LogP contribution in [-0.4, -0.2) is 30.3 Å². The van der Waals surface area contributed by atoms with Crippen molar-refractivity contribution in [2.75, 3.05) is 16.8 Å². The fourth-order valence-corrected chi connectivity index (χ4v) is 6.01. The molecule has 2 aliphatic rings. The molecular weight excluding hydrogens is 584 g/mol. The monoisotopic (exact) mass is 608 g/mol. The smallest absolute Gasteiger partial charge is 0.338 e. The Labute approximate surface area is 239 Å². The average molecular weight is 610 g/mol. The molecule has 5 rings (SSSR count). The zero-order valence-electron chi connectivity index (χ0n) is 21.2. The summed E-state index contributed by atoms with van der Waals surface area (Å²) in [6, 6.07) is 19.6. The second-order valence-corrected chi connectivity index (χ2v) is 11.2. The van der Waals surface area contributed by atoms with Crippen LogP contribution in [0.3, 0.4) is 0 Å². The predicted molar refractivity (Wildman–Crippen MR) is 152 cm³/mol. The summed E-state index contributed by atoms with van der Waals surface area (Å²) in [7, 11) is 0. The summed E-state index contributed by atoms with van der Waals surface area (Å²) >= 11 is 9.42. The number of carbonyl (C=O) groups is 4. The minimum absolute atomic E-state index is 0.188. The van der Waals surface area contributed by atoms with Crippen LogP contribution in [0.25, 0.3) is 0 Å². The average Bonchev–Trinajstić information content (AvgIpc) is 3.19. The van der Waals surface area contributed by atoms with Gasteiger partial charge in [0, 0.05) is 10.2 Å². The van der Waals surface area contributed by atoms with Crippen LogP contribution in [0.4, 0.5) is 11.4 Å². The van der Waals surface area contributed by atoms with E-state index in [1.807, 2.05) is 25.1 Å². The van der Waals surface area contributed by atoms with Crippen LogP contribution in [0.5, 0.6) is 0 Å². The van der Waals surface area contributed by atoms with E-state index in [4.69, 9.17) is 16.3 Å². The number of nitrogens with one attached hydrogen (secondary N) is 1. The van der Waals surface area contributed by atoms with Gasteiger partial charge in [-0.05, 0) is 95.6 Å². The van der Waals surface area contributed by atoms with Crippen molar-refractivity contribution in [3.05, 3.63) is 92.9 Å². The molecule has 3 atom stereocenters. The molecule has 1 saturated carbocycles. The third-order valence-electron chi connectivity index (χ3n) is 7.43. The second-order valence-electron chi connectivity index (χ2n) is 9.90. The van der Waals surface area contributed by atoms with Crippen molar-refractivity contribution < 1.29 is 23.9 Å². The van der Waals surface area contributed by atoms with Crippen molar-refractivity contribution in [1.29, 1.82) is 0 Å². The number of hydrogen-bond donors (Lipinski definition) is 1. The fraction of sp³-hybridized carbons (Fsp3) is 0.267.